The summed E-state index contributed by atoms with van der Waals surface area (Å²) in [6, 6.07) is 5.75. The molecular weight excluding hydrogens is 234 g/mol. The fourth-order valence-corrected chi connectivity index (χ4v) is 2.00. The molecule has 1 N–H and O–H groups in total. The molecule has 0 radical (unpaired) electrons. The molecule has 0 unspecified atom stereocenters. The van der Waals surface area contributed by atoms with E-state index in [1.165, 1.54) is 0 Å². The van der Waals surface area contributed by atoms with E-state index in [4.69, 9.17) is 11.6 Å². The molecular formula is C14H22ClNO. The lowest BCUT2D eigenvalue weighted by Gasteiger charge is -2.22. The van der Waals surface area contributed by atoms with Crippen LogP contribution in [0.15, 0.2) is 18.2 Å². The zero-order chi connectivity index (χ0) is 13.0. The lowest BCUT2D eigenvalue weighted by Crippen LogP contribution is -2.20. The minimum absolute atomic E-state index is 0.470. The number of aliphatic hydroxyl groups is 1. The second kappa shape index (κ2) is 6.27. The predicted octanol–water partition coefficient (Wildman–Crippen LogP) is 3.88. The van der Waals surface area contributed by atoms with Crippen molar-refractivity contribution >= 4 is 17.3 Å². The van der Waals surface area contributed by atoms with Gasteiger partial charge in [-0.1, -0.05) is 31.5 Å². The van der Waals surface area contributed by atoms with Gasteiger partial charge in [-0.2, -0.15) is 0 Å². The molecule has 0 aliphatic heterocycles. The van der Waals surface area contributed by atoms with Crippen LogP contribution < -0.4 is 4.90 Å². The highest BCUT2D eigenvalue weighted by molar-refractivity contribution is 6.33. The van der Waals surface area contributed by atoms with Crippen LogP contribution >= 0.6 is 11.6 Å². The lowest BCUT2D eigenvalue weighted by molar-refractivity contribution is 0.199. The van der Waals surface area contributed by atoms with Gasteiger partial charge >= 0.3 is 0 Å². The molecule has 0 aliphatic carbocycles. The Labute approximate surface area is 109 Å². The summed E-state index contributed by atoms with van der Waals surface area (Å²) in [6.45, 7) is 7.16. The largest absolute Gasteiger partial charge is 0.389 e. The zero-order valence-electron chi connectivity index (χ0n) is 11.1. The standard InChI is InChI=1S/C14H22ClNO/c1-10(2)7-8-16(4)14-6-5-12(11(3)17)9-13(14)15/h5-6,9-11,17H,7-8H2,1-4H3/t11-/m1/s1. The maximum Gasteiger partial charge on any atom is 0.0762 e. The Kier molecular flexibility index (Phi) is 5.29. The second-order valence-electron chi connectivity index (χ2n) is 4.99. The third-order valence-electron chi connectivity index (χ3n) is 2.91. The molecule has 1 atom stereocenters. The molecule has 0 heterocycles. The first-order valence-electron chi connectivity index (χ1n) is 6.10. The third kappa shape index (κ3) is 4.21. The molecule has 0 aromatic heterocycles. The van der Waals surface area contributed by atoms with Gasteiger partial charge in [0.1, 0.15) is 0 Å². The van der Waals surface area contributed by atoms with E-state index in [0.717, 1.165) is 24.2 Å². The lowest BCUT2D eigenvalue weighted by atomic mass is 10.1. The summed E-state index contributed by atoms with van der Waals surface area (Å²) in [5, 5.41) is 10.2. The van der Waals surface area contributed by atoms with Crippen molar-refractivity contribution < 1.29 is 5.11 Å². The van der Waals surface area contributed by atoms with Crippen LogP contribution in [0.25, 0.3) is 0 Å². The van der Waals surface area contributed by atoms with Crippen LogP contribution in [0.3, 0.4) is 0 Å². The molecule has 1 aromatic carbocycles. The first-order valence-corrected chi connectivity index (χ1v) is 6.48. The maximum atomic E-state index is 9.48. The highest BCUT2D eigenvalue weighted by Gasteiger charge is 2.09. The molecule has 0 aliphatic rings. The van der Waals surface area contributed by atoms with Gasteiger partial charge in [0.2, 0.25) is 0 Å². The zero-order valence-corrected chi connectivity index (χ0v) is 11.8. The van der Waals surface area contributed by atoms with E-state index in [1.807, 2.05) is 25.2 Å². The Morgan fingerprint density at radius 3 is 2.41 bits per heavy atom. The Morgan fingerprint density at radius 1 is 1.29 bits per heavy atom. The number of benzene rings is 1. The molecule has 0 bridgehead atoms. The third-order valence-corrected chi connectivity index (χ3v) is 3.21. The number of hydrogen-bond acceptors (Lipinski definition) is 2. The van der Waals surface area contributed by atoms with Crippen molar-refractivity contribution in [3.8, 4) is 0 Å². The second-order valence-corrected chi connectivity index (χ2v) is 5.40. The Morgan fingerprint density at radius 2 is 1.94 bits per heavy atom. The number of rotatable bonds is 5. The highest BCUT2D eigenvalue weighted by atomic mass is 35.5. The van der Waals surface area contributed by atoms with Crippen LogP contribution in [0.2, 0.25) is 5.02 Å². The van der Waals surface area contributed by atoms with Gasteiger partial charge in [-0.15, -0.1) is 0 Å². The minimum Gasteiger partial charge on any atom is -0.389 e. The molecule has 1 aromatic rings. The van der Waals surface area contributed by atoms with Crippen LogP contribution in [0, 0.1) is 5.92 Å². The van der Waals surface area contributed by atoms with Crippen molar-refractivity contribution in [3.05, 3.63) is 28.8 Å². The predicted molar refractivity (Wildman–Crippen MR) is 74.8 cm³/mol. The molecule has 17 heavy (non-hydrogen) atoms. The topological polar surface area (TPSA) is 23.5 Å². The molecule has 0 amide bonds. The number of hydrogen-bond donors (Lipinski definition) is 1. The molecule has 0 fully saturated rings. The van der Waals surface area contributed by atoms with Crippen LogP contribution in [-0.2, 0) is 0 Å². The molecule has 0 saturated heterocycles. The van der Waals surface area contributed by atoms with Gasteiger partial charge in [-0.05, 0) is 37.0 Å². The van der Waals surface area contributed by atoms with Crippen LogP contribution in [0.4, 0.5) is 5.69 Å². The number of halogens is 1. The first-order chi connectivity index (χ1) is 7.91. The maximum absolute atomic E-state index is 9.48. The SMILES string of the molecule is CC(C)CCN(C)c1ccc([C@@H](C)O)cc1Cl. The van der Waals surface area contributed by atoms with Gasteiger partial charge in [0.05, 0.1) is 16.8 Å². The number of anilines is 1. The first kappa shape index (κ1) is 14.3. The monoisotopic (exact) mass is 255 g/mol. The summed E-state index contributed by atoms with van der Waals surface area (Å²) in [6.07, 6.45) is 0.674. The van der Waals surface area contributed by atoms with E-state index in [9.17, 15) is 5.11 Å². The van der Waals surface area contributed by atoms with E-state index in [1.54, 1.807) is 6.92 Å². The fourth-order valence-electron chi connectivity index (χ4n) is 1.66. The molecule has 0 spiro atoms. The van der Waals surface area contributed by atoms with Gasteiger partial charge < -0.3 is 10.0 Å². The van der Waals surface area contributed by atoms with E-state index >= 15 is 0 Å². The van der Waals surface area contributed by atoms with Crippen LogP contribution in [0.1, 0.15) is 38.9 Å². The average molecular weight is 256 g/mol. The van der Waals surface area contributed by atoms with Gasteiger partial charge in [0, 0.05) is 13.6 Å². The van der Waals surface area contributed by atoms with Crippen LogP contribution in [-0.4, -0.2) is 18.7 Å². The van der Waals surface area contributed by atoms with E-state index in [2.05, 4.69) is 18.7 Å². The van der Waals surface area contributed by atoms with E-state index in [-0.39, 0.29) is 0 Å². The van der Waals surface area contributed by atoms with Crippen molar-refractivity contribution in [1.82, 2.24) is 0 Å². The van der Waals surface area contributed by atoms with Gasteiger partial charge in [-0.3, -0.25) is 0 Å². The summed E-state index contributed by atoms with van der Waals surface area (Å²) < 4.78 is 0. The fraction of sp³-hybridized carbons (Fsp3) is 0.571. The molecule has 3 heteroatoms. The molecule has 0 saturated carbocycles. The summed E-state index contributed by atoms with van der Waals surface area (Å²) in [4.78, 5) is 2.16. The summed E-state index contributed by atoms with van der Waals surface area (Å²) >= 11 is 6.23. The summed E-state index contributed by atoms with van der Waals surface area (Å²) in [5.41, 5.74) is 1.88. The molecule has 96 valence electrons. The van der Waals surface area contributed by atoms with Gasteiger partial charge in [0.15, 0.2) is 0 Å². The normalized spacial score (nSPS) is 12.9. The van der Waals surface area contributed by atoms with E-state index in [0.29, 0.717) is 10.9 Å². The van der Waals surface area contributed by atoms with Gasteiger partial charge in [-0.25, -0.2) is 0 Å². The van der Waals surface area contributed by atoms with Crippen molar-refractivity contribution in [1.29, 1.82) is 0 Å². The van der Waals surface area contributed by atoms with Gasteiger partial charge in [0.25, 0.3) is 0 Å². The Bertz CT molecular complexity index is 363. The number of aliphatic hydroxyl groups excluding tert-OH is 1. The Hall–Kier alpha value is -0.730. The summed E-state index contributed by atoms with van der Waals surface area (Å²) in [7, 11) is 2.05. The summed E-state index contributed by atoms with van der Waals surface area (Å²) in [5.74, 6) is 0.688. The smallest absolute Gasteiger partial charge is 0.0762 e. The van der Waals surface area contributed by atoms with Crippen molar-refractivity contribution in [2.75, 3.05) is 18.5 Å². The molecule has 2 nitrogen and oxygen atoms in total. The quantitative estimate of drug-likeness (QED) is 0.863. The highest BCUT2D eigenvalue weighted by Crippen LogP contribution is 2.28. The molecule has 1 rings (SSSR count). The van der Waals surface area contributed by atoms with Crippen molar-refractivity contribution in [2.45, 2.75) is 33.3 Å². The average Bonchev–Trinajstić information content (AvgIpc) is 2.25. The van der Waals surface area contributed by atoms with Crippen molar-refractivity contribution in [2.24, 2.45) is 5.92 Å². The number of nitrogens with zero attached hydrogens (tertiary/aromatic N) is 1. The minimum atomic E-state index is -0.470. The van der Waals surface area contributed by atoms with E-state index < -0.39 is 6.10 Å². The van der Waals surface area contributed by atoms with Crippen molar-refractivity contribution in [3.63, 3.8) is 0 Å². The Balaban J connectivity index is 2.77. The van der Waals surface area contributed by atoms with Crippen LogP contribution in [0.5, 0.6) is 0 Å².